The van der Waals surface area contributed by atoms with Gasteiger partial charge in [-0.2, -0.15) is 0 Å². The number of carbonyl (C=O) groups excluding carboxylic acids is 2. The van der Waals surface area contributed by atoms with Crippen molar-refractivity contribution in [2.45, 2.75) is 56.5 Å². The van der Waals surface area contributed by atoms with E-state index in [2.05, 4.69) is 5.32 Å². The van der Waals surface area contributed by atoms with Gasteiger partial charge in [0.15, 0.2) is 0 Å². The summed E-state index contributed by atoms with van der Waals surface area (Å²) < 4.78 is 13.6. The second kappa shape index (κ2) is 13.6. The van der Waals surface area contributed by atoms with Gasteiger partial charge in [-0.15, -0.1) is 11.8 Å². The Morgan fingerprint density at radius 1 is 0.946 bits per heavy atom. The van der Waals surface area contributed by atoms with Gasteiger partial charge in [-0.1, -0.05) is 79.0 Å². The molecule has 4 rings (SSSR count). The van der Waals surface area contributed by atoms with Crippen LogP contribution in [0.2, 0.25) is 5.02 Å². The van der Waals surface area contributed by atoms with E-state index >= 15 is 0 Å². The van der Waals surface area contributed by atoms with Gasteiger partial charge in [-0.25, -0.2) is 4.39 Å². The summed E-state index contributed by atoms with van der Waals surface area (Å²) in [5, 5.41) is 3.86. The Kier molecular flexibility index (Phi) is 10.0. The smallest absolute Gasteiger partial charge is 0.243 e. The Bertz CT molecular complexity index is 1170. The lowest BCUT2D eigenvalue weighted by atomic mass is 10.0. The highest BCUT2D eigenvalue weighted by molar-refractivity contribution is 7.99. The molecular weight excluding hydrogens is 507 g/mol. The van der Waals surface area contributed by atoms with Gasteiger partial charge in [0.2, 0.25) is 11.8 Å². The van der Waals surface area contributed by atoms with Gasteiger partial charge < -0.3 is 10.2 Å². The largest absolute Gasteiger partial charge is 0.352 e. The van der Waals surface area contributed by atoms with E-state index < -0.39 is 6.04 Å². The highest BCUT2D eigenvalue weighted by atomic mass is 35.5. The van der Waals surface area contributed by atoms with Crippen LogP contribution in [0.3, 0.4) is 0 Å². The highest BCUT2D eigenvalue weighted by Crippen LogP contribution is 2.22. The Labute approximate surface area is 227 Å². The number of thioether (sulfide) groups is 1. The maximum absolute atomic E-state index is 13.7. The molecule has 1 aliphatic carbocycles. The van der Waals surface area contributed by atoms with Crippen LogP contribution in [0.25, 0.3) is 0 Å². The molecule has 7 heteroatoms. The predicted octanol–water partition coefficient (Wildman–Crippen LogP) is 6.41. The molecule has 0 radical (unpaired) electrons. The lowest BCUT2D eigenvalue weighted by Gasteiger charge is -2.32. The normalized spacial score (nSPS) is 14.3. The standard InChI is InChI=1S/C30H32ClFN2O2S/c31-25-10-6-9-24(17-25)20-37-21-29(35)34(19-23-13-15-26(32)16-14-23)28(18-22-7-2-1-3-8-22)30(36)33-27-11-4-5-12-27/h1-3,6-10,13-17,27-28H,4-5,11-12,18-21H2,(H,33,36)/t28-/m0/s1. The zero-order valence-corrected chi connectivity index (χ0v) is 22.3. The van der Waals surface area contributed by atoms with E-state index in [1.165, 1.54) is 23.9 Å². The first-order valence-corrected chi connectivity index (χ1v) is 14.2. The molecule has 3 aromatic carbocycles. The molecule has 1 N–H and O–H groups in total. The summed E-state index contributed by atoms with van der Waals surface area (Å²) in [6, 6.07) is 22.9. The third-order valence-corrected chi connectivity index (χ3v) is 7.85. The van der Waals surface area contributed by atoms with Crippen molar-refractivity contribution in [3.63, 3.8) is 0 Å². The Morgan fingerprint density at radius 2 is 1.65 bits per heavy atom. The fourth-order valence-corrected chi connectivity index (χ4v) is 5.74. The summed E-state index contributed by atoms with van der Waals surface area (Å²) in [5.74, 6) is 0.257. The number of carbonyl (C=O) groups is 2. The zero-order valence-electron chi connectivity index (χ0n) is 20.7. The summed E-state index contributed by atoms with van der Waals surface area (Å²) >= 11 is 7.60. The van der Waals surface area contributed by atoms with E-state index in [4.69, 9.17) is 11.6 Å². The minimum absolute atomic E-state index is 0.126. The van der Waals surface area contributed by atoms with Crippen LogP contribution in [0.4, 0.5) is 4.39 Å². The molecule has 0 bridgehead atoms. The second-order valence-electron chi connectivity index (χ2n) is 9.47. The lowest BCUT2D eigenvalue weighted by Crippen LogP contribution is -2.52. The fourth-order valence-electron chi connectivity index (χ4n) is 4.67. The van der Waals surface area contributed by atoms with Gasteiger partial charge in [0, 0.05) is 29.8 Å². The molecule has 37 heavy (non-hydrogen) atoms. The Hall–Kier alpha value is -2.83. The van der Waals surface area contributed by atoms with Gasteiger partial charge in [-0.05, 0) is 53.8 Å². The van der Waals surface area contributed by atoms with Crippen molar-refractivity contribution >= 4 is 35.2 Å². The number of amides is 2. The summed E-state index contributed by atoms with van der Waals surface area (Å²) in [6.07, 6.45) is 4.54. The molecule has 0 unspecified atom stereocenters. The fraction of sp³-hybridized carbons (Fsp3) is 0.333. The van der Waals surface area contributed by atoms with Gasteiger partial charge in [0.1, 0.15) is 11.9 Å². The van der Waals surface area contributed by atoms with Gasteiger partial charge >= 0.3 is 0 Å². The molecule has 1 fully saturated rings. The number of nitrogens with one attached hydrogen (secondary N) is 1. The average molecular weight is 539 g/mol. The van der Waals surface area contributed by atoms with E-state index in [0.29, 0.717) is 17.2 Å². The van der Waals surface area contributed by atoms with E-state index in [0.717, 1.165) is 42.4 Å². The minimum Gasteiger partial charge on any atom is -0.352 e. The molecule has 3 aromatic rings. The minimum atomic E-state index is -0.674. The van der Waals surface area contributed by atoms with Crippen molar-refractivity contribution in [1.82, 2.24) is 10.2 Å². The van der Waals surface area contributed by atoms with Crippen LogP contribution in [-0.4, -0.2) is 34.6 Å². The molecular formula is C30H32ClFN2O2S. The summed E-state index contributed by atoms with van der Waals surface area (Å²) in [5.41, 5.74) is 2.80. The Morgan fingerprint density at radius 3 is 2.35 bits per heavy atom. The van der Waals surface area contributed by atoms with Crippen LogP contribution in [0.15, 0.2) is 78.9 Å². The molecule has 1 aliphatic rings. The highest BCUT2D eigenvalue weighted by Gasteiger charge is 2.32. The first kappa shape index (κ1) is 27.2. The zero-order chi connectivity index (χ0) is 26.0. The molecule has 0 heterocycles. The van der Waals surface area contributed by atoms with Crippen LogP contribution in [0, 0.1) is 5.82 Å². The van der Waals surface area contributed by atoms with E-state index in [1.807, 2.05) is 54.6 Å². The first-order valence-electron chi connectivity index (χ1n) is 12.7. The van der Waals surface area contributed by atoms with E-state index in [-0.39, 0.29) is 36.0 Å². The number of halogens is 2. The van der Waals surface area contributed by atoms with E-state index in [1.54, 1.807) is 17.0 Å². The van der Waals surface area contributed by atoms with Gasteiger partial charge in [-0.3, -0.25) is 9.59 Å². The Balaban J connectivity index is 1.56. The number of hydrogen-bond donors (Lipinski definition) is 1. The van der Waals surface area contributed by atoms with Crippen LogP contribution in [0.5, 0.6) is 0 Å². The summed E-state index contributed by atoms with van der Waals surface area (Å²) in [6.45, 7) is 0.229. The summed E-state index contributed by atoms with van der Waals surface area (Å²) in [4.78, 5) is 29.0. The van der Waals surface area contributed by atoms with Crippen molar-refractivity contribution in [3.05, 3.63) is 106 Å². The third-order valence-electron chi connectivity index (χ3n) is 6.62. The predicted molar refractivity (Wildman–Crippen MR) is 149 cm³/mol. The second-order valence-corrected chi connectivity index (χ2v) is 10.9. The number of hydrogen-bond acceptors (Lipinski definition) is 3. The van der Waals surface area contributed by atoms with Gasteiger partial charge in [0.05, 0.1) is 5.75 Å². The molecule has 194 valence electrons. The number of benzene rings is 3. The molecule has 0 aromatic heterocycles. The third kappa shape index (κ3) is 8.34. The molecule has 0 aliphatic heterocycles. The molecule has 0 spiro atoms. The van der Waals surface area contributed by atoms with Crippen molar-refractivity contribution in [3.8, 4) is 0 Å². The van der Waals surface area contributed by atoms with Crippen molar-refractivity contribution < 1.29 is 14.0 Å². The van der Waals surface area contributed by atoms with Crippen molar-refractivity contribution in [1.29, 1.82) is 0 Å². The van der Waals surface area contributed by atoms with Crippen molar-refractivity contribution in [2.24, 2.45) is 0 Å². The van der Waals surface area contributed by atoms with Crippen LogP contribution >= 0.6 is 23.4 Å². The molecule has 1 saturated carbocycles. The maximum Gasteiger partial charge on any atom is 0.243 e. The van der Waals surface area contributed by atoms with Crippen LogP contribution < -0.4 is 5.32 Å². The quantitative estimate of drug-likeness (QED) is 0.307. The van der Waals surface area contributed by atoms with Crippen molar-refractivity contribution in [2.75, 3.05) is 5.75 Å². The van der Waals surface area contributed by atoms with Crippen LogP contribution in [-0.2, 0) is 28.3 Å². The molecule has 1 atom stereocenters. The molecule has 0 saturated heterocycles. The number of nitrogens with zero attached hydrogens (tertiary/aromatic N) is 1. The maximum atomic E-state index is 13.7. The average Bonchev–Trinajstić information content (AvgIpc) is 3.41. The SMILES string of the molecule is O=C(NC1CCCC1)[C@H](Cc1ccccc1)N(Cc1ccc(F)cc1)C(=O)CSCc1cccc(Cl)c1. The molecule has 4 nitrogen and oxygen atoms in total. The monoisotopic (exact) mass is 538 g/mol. The topological polar surface area (TPSA) is 49.4 Å². The van der Waals surface area contributed by atoms with Gasteiger partial charge in [0.25, 0.3) is 0 Å². The first-order chi connectivity index (χ1) is 18.0. The summed E-state index contributed by atoms with van der Waals surface area (Å²) in [7, 11) is 0. The van der Waals surface area contributed by atoms with E-state index in [9.17, 15) is 14.0 Å². The molecule has 2 amide bonds. The van der Waals surface area contributed by atoms with Crippen LogP contribution in [0.1, 0.15) is 42.4 Å². The lowest BCUT2D eigenvalue weighted by molar-refractivity contribution is -0.139. The number of rotatable bonds is 11.